The standard InChI is InChI=1S/C25H23F3N8O/c1-15-2-3-21-31-32-25(36(21)33-15)24(28)22-19(26)11-20-18(23(22)27)10-16(12-29-20)17-13-30-35(14-17)5-4-34-6-8-37-9-7-34/h2-3,10-14,24H,4-9H2,1H3. The third-order valence-electron chi connectivity index (χ3n) is 6.53. The molecular weight excluding hydrogens is 485 g/mol. The van der Waals surface area contributed by atoms with Gasteiger partial charge in [-0.05, 0) is 25.1 Å². The van der Waals surface area contributed by atoms with Gasteiger partial charge in [-0.2, -0.15) is 14.7 Å². The van der Waals surface area contributed by atoms with Gasteiger partial charge in [-0.3, -0.25) is 14.6 Å². The van der Waals surface area contributed by atoms with Crippen LogP contribution in [0.15, 0.2) is 42.9 Å². The quantitative estimate of drug-likeness (QED) is 0.347. The van der Waals surface area contributed by atoms with Crippen molar-refractivity contribution in [2.24, 2.45) is 0 Å². The first-order valence-corrected chi connectivity index (χ1v) is 11.9. The molecule has 6 rings (SSSR count). The molecule has 1 aliphatic heterocycles. The molecule has 4 aromatic heterocycles. The minimum Gasteiger partial charge on any atom is -0.379 e. The minimum absolute atomic E-state index is 0.00410. The first kappa shape index (κ1) is 23.5. The lowest BCUT2D eigenvalue weighted by atomic mass is 10.0. The van der Waals surface area contributed by atoms with Crippen LogP contribution in [-0.4, -0.2) is 72.3 Å². The maximum Gasteiger partial charge on any atom is 0.193 e. The van der Waals surface area contributed by atoms with Crippen LogP contribution in [0.3, 0.4) is 0 Å². The van der Waals surface area contributed by atoms with E-state index in [1.165, 1.54) is 12.3 Å². The number of alkyl halides is 1. The first-order valence-electron chi connectivity index (χ1n) is 11.9. The Morgan fingerprint density at radius 3 is 2.70 bits per heavy atom. The second kappa shape index (κ2) is 9.52. The lowest BCUT2D eigenvalue weighted by Gasteiger charge is -2.26. The van der Waals surface area contributed by atoms with Gasteiger partial charge >= 0.3 is 0 Å². The van der Waals surface area contributed by atoms with Crippen LogP contribution in [0.4, 0.5) is 13.2 Å². The molecule has 12 heteroatoms. The molecule has 190 valence electrons. The van der Waals surface area contributed by atoms with Gasteiger partial charge in [0.1, 0.15) is 11.6 Å². The molecule has 5 heterocycles. The number of morpholine rings is 1. The summed E-state index contributed by atoms with van der Waals surface area (Å²) in [6.45, 7) is 6.46. The fourth-order valence-electron chi connectivity index (χ4n) is 4.49. The minimum atomic E-state index is -2.22. The van der Waals surface area contributed by atoms with Crippen molar-refractivity contribution in [1.82, 2.24) is 39.5 Å². The summed E-state index contributed by atoms with van der Waals surface area (Å²) in [5.41, 5.74) is 1.49. The van der Waals surface area contributed by atoms with E-state index >= 15 is 8.78 Å². The molecule has 1 aromatic carbocycles. The van der Waals surface area contributed by atoms with Gasteiger partial charge in [0, 0.05) is 54.6 Å². The highest BCUT2D eigenvalue weighted by Crippen LogP contribution is 2.34. The summed E-state index contributed by atoms with van der Waals surface area (Å²) in [7, 11) is 0. The van der Waals surface area contributed by atoms with Crippen LogP contribution in [0.5, 0.6) is 0 Å². The van der Waals surface area contributed by atoms with Gasteiger partial charge in [0.2, 0.25) is 0 Å². The highest BCUT2D eigenvalue weighted by Gasteiger charge is 2.29. The molecule has 0 saturated carbocycles. The van der Waals surface area contributed by atoms with Gasteiger partial charge < -0.3 is 4.74 Å². The third-order valence-corrected chi connectivity index (χ3v) is 6.53. The molecule has 0 amide bonds. The van der Waals surface area contributed by atoms with Crippen LogP contribution in [0.2, 0.25) is 0 Å². The lowest BCUT2D eigenvalue weighted by Crippen LogP contribution is -2.38. The average Bonchev–Trinajstić information content (AvgIpc) is 3.55. The van der Waals surface area contributed by atoms with Gasteiger partial charge in [-0.15, -0.1) is 10.2 Å². The Morgan fingerprint density at radius 2 is 1.86 bits per heavy atom. The van der Waals surface area contributed by atoms with Gasteiger partial charge in [0.15, 0.2) is 17.6 Å². The van der Waals surface area contributed by atoms with E-state index in [0.29, 0.717) is 17.8 Å². The lowest BCUT2D eigenvalue weighted by molar-refractivity contribution is 0.0360. The maximum absolute atomic E-state index is 15.6. The number of aryl methyl sites for hydroxylation is 1. The molecule has 0 aliphatic carbocycles. The Kier molecular flexibility index (Phi) is 6.05. The zero-order valence-corrected chi connectivity index (χ0v) is 20.0. The van der Waals surface area contributed by atoms with Crippen molar-refractivity contribution in [2.75, 3.05) is 32.8 Å². The molecule has 0 N–H and O–H groups in total. The Morgan fingerprint density at radius 1 is 1.03 bits per heavy atom. The van der Waals surface area contributed by atoms with E-state index in [9.17, 15) is 4.39 Å². The number of halogens is 3. The predicted molar refractivity (Wildman–Crippen MR) is 129 cm³/mol. The highest BCUT2D eigenvalue weighted by molar-refractivity contribution is 5.85. The van der Waals surface area contributed by atoms with Crippen molar-refractivity contribution >= 4 is 16.6 Å². The van der Waals surface area contributed by atoms with Crippen LogP contribution in [-0.2, 0) is 11.3 Å². The van der Waals surface area contributed by atoms with Crippen molar-refractivity contribution in [1.29, 1.82) is 0 Å². The largest absolute Gasteiger partial charge is 0.379 e. The van der Waals surface area contributed by atoms with E-state index in [0.717, 1.165) is 49.0 Å². The maximum atomic E-state index is 15.6. The zero-order chi connectivity index (χ0) is 25.5. The molecule has 37 heavy (non-hydrogen) atoms. The van der Waals surface area contributed by atoms with Crippen molar-refractivity contribution in [3.63, 3.8) is 0 Å². The Hall–Kier alpha value is -3.90. The predicted octanol–water partition coefficient (Wildman–Crippen LogP) is 3.51. The van der Waals surface area contributed by atoms with Crippen molar-refractivity contribution in [3.05, 3.63) is 71.6 Å². The second-order valence-corrected chi connectivity index (χ2v) is 8.99. The highest BCUT2D eigenvalue weighted by atomic mass is 19.2. The zero-order valence-electron chi connectivity index (χ0n) is 20.0. The van der Waals surface area contributed by atoms with E-state index in [2.05, 4.69) is 30.3 Å². The molecule has 1 unspecified atom stereocenters. The number of ether oxygens (including phenoxy) is 1. The molecule has 9 nitrogen and oxygen atoms in total. The molecule has 5 aromatic rings. The third kappa shape index (κ3) is 4.42. The fourth-order valence-corrected chi connectivity index (χ4v) is 4.49. The van der Waals surface area contributed by atoms with Crippen molar-refractivity contribution in [3.8, 4) is 11.1 Å². The van der Waals surface area contributed by atoms with Gasteiger partial charge in [0.25, 0.3) is 0 Å². The molecule has 1 fully saturated rings. The number of pyridine rings is 1. The van der Waals surface area contributed by atoms with E-state index in [1.54, 1.807) is 25.3 Å². The summed E-state index contributed by atoms with van der Waals surface area (Å²) >= 11 is 0. The normalized spacial score (nSPS) is 15.6. The van der Waals surface area contributed by atoms with Crippen LogP contribution in [0.25, 0.3) is 27.7 Å². The summed E-state index contributed by atoms with van der Waals surface area (Å²) in [6.07, 6.45) is 2.81. The van der Waals surface area contributed by atoms with Crippen molar-refractivity contribution < 1.29 is 17.9 Å². The number of fused-ring (bicyclic) bond motifs is 2. The smallest absolute Gasteiger partial charge is 0.193 e. The van der Waals surface area contributed by atoms with Crippen LogP contribution in [0, 0.1) is 18.6 Å². The van der Waals surface area contributed by atoms with Gasteiger partial charge in [-0.1, -0.05) is 0 Å². The number of aromatic nitrogens is 7. The molecule has 0 radical (unpaired) electrons. The van der Waals surface area contributed by atoms with E-state index < -0.39 is 23.4 Å². The van der Waals surface area contributed by atoms with E-state index in [1.807, 2.05) is 10.9 Å². The van der Waals surface area contributed by atoms with Gasteiger partial charge in [-0.25, -0.2) is 13.2 Å². The summed E-state index contributed by atoms with van der Waals surface area (Å²) in [5.74, 6) is -2.40. The summed E-state index contributed by atoms with van der Waals surface area (Å²) in [4.78, 5) is 6.53. The van der Waals surface area contributed by atoms with Crippen LogP contribution in [0.1, 0.15) is 23.3 Å². The monoisotopic (exact) mass is 508 g/mol. The van der Waals surface area contributed by atoms with Crippen molar-refractivity contribution in [2.45, 2.75) is 19.6 Å². The molecule has 1 atom stereocenters. The fraction of sp³-hybridized carbons (Fsp3) is 0.320. The number of benzene rings is 1. The molecular formula is C25H23F3N8O. The number of hydrogen-bond acceptors (Lipinski definition) is 7. The van der Waals surface area contributed by atoms with E-state index in [4.69, 9.17) is 4.74 Å². The Labute approximate surface area is 209 Å². The van der Waals surface area contributed by atoms with Crippen LogP contribution >= 0.6 is 0 Å². The molecule has 0 spiro atoms. The van der Waals surface area contributed by atoms with E-state index in [-0.39, 0.29) is 22.4 Å². The Bertz CT molecular complexity index is 1590. The summed E-state index contributed by atoms with van der Waals surface area (Å²) in [5, 5.41) is 16.2. The molecule has 1 saturated heterocycles. The number of hydrogen-bond donors (Lipinski definition) is 0. The SMILES string of the molecule is Cc1ccc2nnc(C(F)c3c(F)cc4ncc(-c5cnn(CCN6CCOCC6)c5)cc4c3F)n2n1. The Balaban J connectivity index is 1.32. The van der Waals surface area contributed by atoms with Gasteiger partial charge in [0.05, 0.1) is 42.7 Å². The summed E-state index contributed by atoms with van der Waals surface area (Å²) < 4.78 is 54.5. The summed E-state index contributed by atoms with van der Waals surface area (Å²) in [6, 6.07) is 5.85. The molecule has 0 bridgehead atoms. The number of nitrogens with zero attached hydrogens (tertiary/aromatic N) is 8. The topological polar surface area (TPSA) is 86.3 Å². The average molecular weight is 509 g/mol. The molecule has 1 aliphatic rings. The first-order chi connectivity index (χ1) is 18.0. The van der Waals surface area contributed by atoms with Crippen LogP contribution < -0.4 is 0 Å². The second-order valence-electron chi connectivity index (χ2n) is 8.99. The number of rotatable bonds is 6.